The molecule has 27 heavy (non-hydrogen) atoms. The highest BCUT2D eigenvalue weighted by Gasteiger charge is 2.14. The van der Waals surface area contributed by atoms with Crippen LogP contribution in [0.4, 0.5) is 5.69 Å². The second-order valence-corrected chi connectivity index (χ2v) is 6.88. The minimum absolute atomic E-state index is 0.0200. The summed E-state index contributed by atoms with van der Waals surface area (Å²) in [7, 11) is 0. The third-order valence-corrected chi connectivity index (χ3v) is 5.03. The summed E-state index contributed by atoms with van der Waals surface area (Å²) in [6.07, 6.45) is 0. The van der Waals surface area contributed by atoms with Gasteiger partial charge in [0.25, 0.3) is 11.2 Å². The Morgan fingerprint density at radius 1 is 1.19 bits per heavy atom. The first kappa shape index (κ1) is 17.2. The van der Waals surface area contributed by atoms with Gasteiger partial charge in [-0.1, -0.05) is 23.7 Å². The summed E-state index contributed by atoms with van der Waals surface area (Å²) in [5.41, 5.74) is 2.35. The zero-order valence-electron chi connectivity index (χ0n) is 13.5. The molecule has 4 aromatic rings. The van der Waals surface area contributed by atoms with Crippen molar-refractivity contribution in [2.75, 3.05) is 0 Å². The molecule has 2 aromatic carbocycles. The van der Waals surface area contributed by atoms with Crippen molar-refractivity contribution < 1.29 is 14.5 Å². The molecular formula is C18H10ClN3O4S. The number of nitrogens with zero attached hydrogens (tertiary/aromatic N) is 3. The van der Waals surface area contributed by atoms with Gasteiger partial charge in [0.05, 0.1) is 16.2 Å². The lowest BCUT2D eigenvalue weighted by Crippen LogP contribution is -2.05. The van der Waals surface area contributed by atoms with E-state index in [0.717, 1.165) is 11.3 Å². The fourth-order valence-corrected chi connectivity index (χ4v) is 3.57. The van der Waals surface area contributed by atoms with Crippen LogP contribution in [0.2, 0.25) is 5.02 Å². The lowest BCUT2D eigenvalue weighted by Gasteiger charge is -2.02. The van der Waals surface area contributed by atoms with Crippen LogP contribution in [0.15, 0.2) is 63.5 Å². The molecule has 0 saturated carbocycles. The molecule has 0 aliphatic heterocycles. The highest BCUT2D eigenvalue weighted by Crippen LogP contribution is 2.30. The molecule has 0 fully saturated rings. The molecule has 0 atom stereocenters. The Morgan fingerprint density at radius 2 is 1.96 bits per heavy atom. The minimum Gasteiger partial charge on any atom is -0.435 e. The first-order valence-electron chi connectivity index (χ1n) is 7.67. The first-order chi connectivity index (χ1) is 13.0. The number of benzene rings is 2. The van der Waals surface area contributed by atoms with Crippen molar-refractivity contribution >= 4 is 39.6 Å². The molecule has 2 aromatic heterocycles. The number of aromatic nitrogens is 1. The number of non-ortho nitro benzene ring substituents is 1. The van der Waals surface area contributed by atoms with Gasteiger partial charge >= 0.3 is 0 Å². The van der Waals surface area contributed by atoms with Crippen LogP contribution in [0.25, 0.3) is 32.8 Å². The van der Waals surface area contributed by atoms with E-state index in [1.165, 1.54) is 29.5 Å². The Hall–Kier alpha value is -3.23. The summed E-state index contributed by atoms with van der Waals surface area (Å²) >= 11 is 7.25. The van der Waals surface area contributed by atoms with Crippen molar-refractivity contribution in [3.05, 3.63) is 74.6 Å². The van der Waals surface area contributed by atoms with Gasteiger partial charge in [-0.25, -0.2) is 4.98 Å². The molecular weight excluding hydrogens is 390 g/mol. The molecule has 0 aliphatic rings. The highest BCUT2D eigenvalue weighted by atomic mass is 35.5. The van der Waals surface area contributed by atoms with Gasteiger partial charge in [0, 0.05) is 33.5 Å². The molecule has 7 nitrogen and oxygen atoms in total. The predicted molar refractivity (Wildman–Crippen MR) is 102 cm³/mol. The SMILES string of the molecule is O=[N+]([O-])c1ccc2oc(=NO)c(-c3nc(-c4ccc(Cl)cc4)cs3)cc2c1. The van der Waals surface area contributed by atoms with Gasteiger partial charge in [0.2, 0.25) is 0 Å². The van der Waals surface area contributed by atoms with E-state index in [0.29, 0.717) is 26.6 Å². The number of hydrogen-bond donors (Lipinski definition) is 1. The van der Waals surface area contributed by atoms with Crippen LogP contribution in [0.3, 0.4) is 0 Å². The van der Waals surface area contributed by atoms with E-state index >= 15 is 0 Å². The van der Waals surface area contributed by atoms with Gasteiger partial charge in [0.1, 0.15) is 10.6 Å². The van der Waals surface area contributed by atoms with Gasteiger partial charge in [-0.3, -0.25) is 10.1 Å². The van der Waals surface area contributed by atoms with Crippen LogP contribution in [-0.4, -0.2) is 15.1 Å². The number of fused-ring (bicyclic) bond motifs is 1. The van der Waals surface area contributed by atoms with E-state index in [9.17, 15) is 15.3 Å². The molecule has 0 amide bonds. The lowest BCUT2D eigenvalue weighted by atomic mass is 10.1. The molecule has 0 saturated heterocycles. The van der Waals surface area contributed by atoms with Crippen molar-refractivity contribution in [3.8, 4) is 21.8 Å². The average molecular weight is 400 g/mol. The van der Waals surface area contributed by atoms with E-state index in [1.54, 1.807) is 18.2 Å². The fourth-order valence-electron chi connectivity index (χ4n) is 2.61. The van der Waals surface area contributed by atoms with E-state index < -0.39 is 4.92 Å². The Morgan fingerprint density at radius 3 is 2.67 bits per heavy atom. The summed E-state index contributed by atoms with van der Waals surface area (Å²) in [4.78, 5) is 15.1. The molecule has 0 unspecified atom stereocenters. The maximum absolute atomic E-state index is 11.0. The maximum atomic E-state index is 11.0. The number of rotatable bonds is 3. The standard InChI is InChI=1S/C18H10ClN3O4S/c19-12-3-1-10(2-4-12)15-9-27-18(20-15)14-8-11-7-13(22(24)25)5-6-16(11)26-17(14)21-23/h1-9,23H. The minimum atomic E-state index is -0.481. The Bertz CT molecular complexity index is 1230. The summed E-state index contributed by atoms with van der Waals surface area (Å²) < 4.78 is 5.57. The van der Waals surface area contributed by atoms with E-state index in [1.807, 2.05) is 17.5 Å². The number of nitro groups is 1. The van der Waals surface area contributed by atoms with Crippen molar-refractivity contribution in [2.24, 2.45) is 5.16 Å². The molecule has 134 valence electrons. The average Bonchev–Trinajstić information content (AvgIpc) is 3.17. The quantitative estimate of drug-likeness (QED) is 0.294. The largest absolute Gasteiger partial charge is 0.435 e. The van der Waals surface area contributed by atoms with Gasteiger partial charge in [0.15, 0.2) is 0 Å². The molecule has 4 rings (SSSR count). The van der Waals surface area contributed by atoms with Gasteiger partial charge in [-0.2, -0.15) is 0 Å². The van der Waals surface area contributed by atoms with Crippen molar-refractivity contribution in [1.29, 1.82) is 0 Å². The molecule has 1 N–H and O–H groups in total. The summed E-state index contributed by atoms with van der Waals surface area (Å²) in [5.74, 6) is 0. The van der Waals surface area contributed by atoms with Crippen LogP contribution < -0.4 is 5.55 Å². The van der Waals surface area contributed by atoms with Crippen molar-refractivity contribution in [1.82, 2.24) is 4.98 Å². The van der Waals surface area contributed by atoms with Gasteiger partial charge < -0.3 is 9.62 Å². The number of hydrogen-bond acceptors (Lipinski definition) is 7. The Labute approximate surface area is 160 Å². The summed E-state index contributed by atoms with van der Waals surface area (Å²) in [6.45, 7) is 0. The highest BCUT2D eigenvalue weighted by molar-refractivity contribution is 7.13. The monoisotopic (exact) mass is 399 g/mol. The van der Waals surface area contributed by atoms with Crippen LogP contribution in [0, 0.1) is 10.1 Å². The first-order valence-corrected chi connectivity index (χ1v) is 8.93. The normalized spacial score (nSPS) is 11.8. The van der Waals surface area contributed by atoms with Crippen molar-refractivity contribution in [3.63, 3.8) is 0 Å². The molecule has 2 heterocycles. The van der Waals surface area contributed by atoms with Crippen LogP contribution in [0.5, 0.6) is 0 Å². The van der Waals surface area contributed by atoms with E-state index in [4.69, 9.17) is 16.0 Å². The number of thiazole rings is 1. The Balaban J connectivity index is 1.85. The predicted octanol–water partition coefficient (Wildman–Crippen LogP) is 5.07. The maximum Gasteiger partial charge on any atom is 0.270 e. The lowest BCUT2D eigenvalue weighted by molar-refractivity contribution is -0.384. The van der Waals surface area contributed by atoms with Crippen LogP contribution in [-0.2, 0) is 0 Å². The molecule has 0 radical (unpaired) electrons. The zero-order chi connectivity index (χ0) is 19.0. The molecule has 0 spiro atoms. The third-order valence-electron chi connectivity index (χ3n) is 3.91. The molecule has 9 heteroatoms. The third kappa shape index (κ3) is 3.27. The van der Waals surface area contributed by atoms with Crippen LogP contribution >= 0.6 is 22.9 Å². The fraction of sp³-hybridized carbons (Fsp3) is 0. The van der Waals surface area contributed by atoms with Crippen molar-refractivity contribution in [2.45, 2.75) is 0 Å². The van der Waals surface area contributed by atoms with Gasteiger partial charge in [-0.15, -0.1) is 11.3 Å². The van der Waals surface area contributed by atoms with Crippen LogP contribution in [0.1, 0.15) is 0 Å². The van der Waals surface area contributed by atoms with E-state index in [2.05, 4.69) is 10.1 Å². The topological polar surface area (TPSA) is 102 Å². The molecule has 0 bridgehead atoms. The number of nitro benzene ring substituents is 1. The Kier molecular flexibility index (Phi) is 4.35. The van der Waals surface area contributed by atoms with Gasteiger partial charge in [-0.05, 0) is 29.4 Å². The number of halogens is 1. The zero-order valence-corrected chi connectivity index (χ0v) is 15.1. The second-order valence-electron chi connectivity index (χ2n) is 5.59. The van der Waals surface area contributed by atoms with E-state index in [-0.39, 0.29) is 11.2 Å². The second kappa shape index (κ2) is 6.82. The summed E-state index contributed by atoms with van der Waals surface area (Å²) in [5, 5.41) is 27.1. The molecule has 0 aliphatic carbocycles. The smallest absolute Gasteiger partial charge is 0.270 e. The summed E-state index contributed by atoms with van der Waals surface area (Å²) in [6, 6.07) is 13.1.